The SMILES string of the molecule is COCCn1c(C(F)F)nc2sc(N3CCCC3C(=O)NCc3ccc(F)cc3)nc2c1=O. The topological polar surface area (TPSA) is 89.3 Å². The number of amides is 1. The van der Waals surface area contributed by atoms with Crippen LogP contribution < -0.4 is 15.8 Å². The number of carbonyl (C=O) groups is 1. The van der Waals surface area contributed by atoms with Crippen LogP contribution in [0, 0.1) is 5.82 Å². The van der Waals surface area contributed by atoms with Crippen molar-refractivity contribution in [2.45, 2.75) is 38.4 Å². The Morgan fingerprint density at radius 1 is 1.30 bits per heavy atom. The van der Waals surface area contributed by atoms with Crippen LogP contribution in [0.1, 0.15) is 30.7 Å². The van der Waals surface area contributed by atoms with Gasteiger partial charge in [-0.2, -0.15) is 0 Å². The number of aromatic nitrogens is 3. The summed E-state index contributed by atoms with van der Waals surface area (Å²) < 4.78 is 45.9. The lowest BCUT2D eigenvalue weighted by Gasteiger charge is -2.23. The smallest absolute Gasteiger partial charge is 0.295 e. The Hall–Kier alpha value is -2.99. The van der Waals surface area contributed by atoms with Crippen molar-refractivity contribution in [1.29, 1.82) is 0 Å². The van der Waals surface area contributed by atoms with Crippen molar-refractivity contribution < 1.29 is 22.7 Å². The van der Waals surface area contributed by atoms with E-state index >= 15 is 0 Å². The summed E-state index contributed by atoms with van der Waals surface area (Å²) in [5.74, 6) is -1.21. The highest BCUT2D eigenvalue weighted by Crippen LogP contribution is 2.32. The van der Waals surface area contributed by atoms with E-state index in [2.05, 4.69) is 15.3 Å². The molecule has 1 unspecified atom stereocenters. The third-order valence-corrected chi connectivity index (χ3v) is 6.42. The van der Waals surface area contributed by atoms with Crippen molar-refractivity contribution in [2.75, 3.05) is 25.2 Å². The monoisotopic (exact) mass is 481 g/mol. The van der Waals surface area contributed by atoms with Gasteiger partial charge in [0.1, 0.15) is 11.9 Å². The van der Waals surface area contributed by atoms with Gasteiger partial charge in [0.15, 0.2) is 21.3 Å². The van der Waals surface area contributed by atoms with Gasteiger partial charge in [0.2, 0.25) is 5.91 Å². The van der Waals surface area contributed by atoms with Gasteiger partial charge in [-0.1, -0.05) is 23.5 Å². The van der Waals surface area contributed by atoms with E-state index in [1.807, 2.05) is 0 Å². The van der Waals surface area contributed by atoms with Crippen molar-refractivity contribution >= 4 is 32.7 Å². The highest BCUT2D eigenvalue weighted by Gasteiger charge is 2.33. The fourth-order valence-corrected chi connectivity index (χ4v) is 4.79. The van der Waals surface area contributed by atoms with Crippen LogP contribution in [0.4, 0.5) is 18.3 Å². The highest BCUT2D eigenvalue weighted by atomic mass is 32.1. The molecule has 1 aromatic carbocycles. The molecule has 176 valence electrons. The third kappa shape index (κ3) is 4.86. The molecule has 3 heterocycles. The molecule has 0 saturated carbocycles. The molecule has 33 heavy (non-hydrogen) atoms. The van der Waals surface area contributed by atoms with Gasteiger partial charge in [-0.05, 0) is 30.5 Å². The molecule has 8 nitrogen and oxygen atoms in total. The zero-order valence-corrected chi connectivity index (χ0v) is 18.6. The first-order chi connectivity index (χ1) is 15.9. The van der Waals surface area contributed by atoms with Crippen molar-refractivity contribution in [1.82, 2.24) is 19.9 Å². The minimum atomic E-state index is -2.93. The fraction of sp³-hybridized carbons (Fsp3) is 0.429. The van der Waals surface area contributed by atoms with Crippen molar-refractivity contribution in [3.63, 3.8) is 0 Å². The number of methoxy groups -OCH3 is 1. The Bertz CT molecular complexity index is 1200. The number of ether oxygens (including phenoxy) is 1. The summed E-state index contributed by atoms with van der Waals surface area (Å²) in [7, 11) is 1.41. The first-order valence-electron chi connectivity index (χ1n) is 10.4. The van der Waals surface area contributed by atoms with Gasteiger partial charge in [-0.25, -0.2) is 23.1 Å². The molecule has 0 bridgehead atoms. The van der Waals surface area contributed by atoms with Crippen LogP contribution in [-0.4, -0.2) is 46.7 Å². The molecule has 4 rings (SSSR count). The molecule has 1 N–H and O–H groups in total. The number of nitrogens with zero attached hydrogens (tertiary/aromatic N) is 4. The minimum Gasteiger partial charge on any atom is -0.383 e. The largest absolute Gasteiger partial charge is 0.383 e. The number of benzene rings is 1. The average Bonchev–Trinajstić information content (AvgIpc) is 3.45. The molecule has 1 fully saturated rings. The molecular formula is C21H22F3N5O3S. The van der Waals surface area contributed by atoms with Crippen LogP contribution in [0.3, 0.4) is 0 Å². The Morgan fingerprint density at radius 2 is 2.06 bits per heavy atom. The zero-order chi connectivity index (χ0) is 23.5. The summed E-state index contributed by atoms with van der Waals surface area (Å²) in [6.07, 6.45) is -1.61. The second-order valence-corrected chi connectivity index (χ2v) is 8.52. The summed E-state index contributed by atoms with van der Waals surface area (Å²) in [4.78, 5) is 35.9. The number of alkyl halides is 2. The summed E-state index contributed by atoms with van der Waals surface area (Å²) in [5.41, 5.74) is 0.0915. The molecule has 0 aliphatic carbocycles. The first kappa shape index (κ1) is 23.2. The second kappa shape index (κ2) is 9.87. The van der Waals surface area contributed by atoms with Crippen LogP contribution >= 0.6 is 11.3 Å². The van der Waals surface area contributed by atoms with Crippen molar-refractivity contribution in [3.8, 4) is 0 Å². The molecule has 3 aromatic rings. The molecule has 0 spiro atoms. The maximum Gasteiger partial charge on any atom is 0.295 e. The highest BCUT2D eigenvalue weighted by molar-refractivity contribution is 7.21. The number of thiazole rings is 1. The van der Waals surface area contributed by atoms with Gasteiger partial charge in [0.05, 0.1) is 13.2 Å². The molecule has 2 aromatic heterocycles. The Morgan fingerprint density at radius 3 is 2.76 bits per heavy atom. The van der Waals surface area contributed by atoms with Crippen LogP contribution in [0.5, 0.6) is 0 Å². The number of halogens is 3. The Kier molecular flexibility index (Phi) is 6.94. The lowest BCUT2D eigenvalue weighted by atomic mass is 10.2. The Balaban J connectivity index is 1.58. The molecule has 1 atom stereocenters. The number of hydrogen-bond acceptors (Lipinski definition) is 7. The summed E-state index contributed by atoms with van der Waals surface area (Å²) >= 11 is 1.01. The van der Waals surface area contributed by atoms with E-state index in [4.69, 9.17) is 4.74 Å². The van der Waals surface area contributed by atoms with Crippen LogP contribution in [0.25, 0.3) is 10.3 Å². The summed E-state index contributed by atoms with van der Waals surface area (Å²) in [6.45, 7) is 0.788. The van der Waals surface area contributed by atoms with Gasteiger partial charge in [0.25, 0.3) is 12.0 Å². The quantitative estimate of drug-likeness (QED) is 0.532. The van der Waals surface area contributed by atoms with E-state index in [1.165, 1.54) is 19.2 Å². The second-order valence-electron chi connectivity index (χ2n) is 7.57. The molecular weight excluding hydrogens is 459 g/mol. The number of rotatable bonds is 8. The number of hydrogen-bond donors (Lipinski definition) is 1. The van der Waals surface area contributed by atoms with Crippen LogP contribution in [0.2, 0.25) is 0 Å². The van der Waals surface area contributed by atoms with Crippen molar-refractivity contribution in [2.24, 2.45) is 0 Å². The molecule has 1 aliphatic heterocycles. The normalized spacial score (nSPS) is 16.2. The minimum absolute atomic E-state index is 0.00660. The van der Waals surface area contributed by atoms with Gasteiger partial charge < -0.3 is 15.0 Å². The third-order valence-electron chi connectivity index (χ3n) is 5.43. The molecule has 1 saturated heterocycles. The van der Waals surface area contributed by atoms with Gasteiger partial charge in [0, 0.05) is 20.2 Å². The maximum atomic E-state index is 13.5. The lowest BCUT2D eigenvalue weighted by molar-refractivity contribution is -0.122. The molecule has 0 radical (unpaired) electrons. The Labute approximate surface area is 191 Å². The zero-order valence-electron chi connectivity index (χ0n) is 17.8. The predicted octanol–water partition coefficient (Wildman–Crippen LogP) is 2.86. The standard InChI is InChI=1S/C21H22F3N5O3S/c1-32-10-9-29-17(16(23)24)27-19-15(20(29)31)26-21(33-19)28-8-2-3-14(28)18(30)25-11-12-4-6-13(22)7-5-12/h4-7,14,16H,2-3,8-11H2,1H3,(H,25,30). The van der Waals surface area contributed by atoms with E-state index < -0.39 is 23.9 Å². The first-order valence-corrected chi connectivity index (χ1v) is 11.2. The average molecular weight is 482 g/mol. The summed E-state index contributed by atoms with van der Waals surface area (Å²) in [5, 5.41) is 3.23. The number of anilines is 1. The molecule has 1 amide bonds. The van der Waals surface area contributed by atoms with Crippen LogP contribution in [0.15, 0.2) is 29.1 Å². The molecule has 1 aliphatic rings. The van der Waals surface area contributed by atoms with E-state index in [1.54, 1.807) is 17.0 Å². The maximum absolute atomic E-state index is 13.5. The number of nitrogens with one attached hydrogen (secondary N) is 1. The lowest BCUT2D eigenvalue weighted by Crippen LogP contribution is -2.43. The van der Waals surface area contributed by atoms with E-state index in [0.717, 1.165) is 27.9 Å². The van der Waals surface area contributed by atoms with Gasteiger partial charge >= 0.3 is 0 Å². The number of carbonyl (C=O) groups excluding carboxylic acids is 1. The van der Waals surface area contributed by atoms with E-state index in [0.29, 0.717) is 18.1 Å². The molecule has 12 heteroatoms. The number of fused-ring (bicyclic) bond motifs is 1. The fourth-order valence-electron chi connectivity index (χ4n) is 3.78. The van der Waals surface area contributed by atoms with Gasteiger partial charge in [-0.15, -0.1) is 0 Å². The van der Waals surface area contributed by atoms with E-state index in [9.17, 15) is 22.8 Å². The van der Waals surface area contributed by atoms with Crippen LogP contribution in [-0.2, 0) is 22.6 Å². The van der Waals surface area contributed by atoms with Crippen molar-refractivity contribution in [3.05, 3.63) is 51.8 Å². The summed E-state index contributed by atoms with van der Waals surface area (Å²) in [6, 6.07) is 5.32. The van der Waals surface area contributed by atoms with Gasteiger partial charge in [-0.3, -0.25) is 14.2 Å². The van der Waals surface area contributed by atoms with E-state index in [-0.39, 0.29) is 41.8 Å². The predicted molar refractivity (Wildman–Crippen MR) is 117 cm³/mol.